The monoisotopic (exact) mass is 428 g/mol. The minimum atomic E-state index is -4.55. The van der Waals surface area contributed by atoms with E-state index in [4.69, 9.17) is 0 Å². The molecule has 1 heterocycles. The summed E-state index contributed by atoms with van der Waals surface area (Å²) in [5.41, 5.74) is -0.951. The zero-order valence-corrected chi connectivity index (χ0v) is 16.1. The summed E-state index contributed by atoms with van der Waals surface area (Å²) in [6.45, 7) is -0.184. The van der Waals surface area contributed by atoms with E-state index in [0.29, 0.717) is 17.0 Å². The molecule has 0 aliphatic heterocycles. The third-order valence-electron chi connectivity index (χ3n) is 3.30. The predicted molar refractivity (Wildman–Crippen MR) is 90.7 cm³/mol. The molecule has 0 fully saturated rings. The van der Waals surface area contributed by atoms with Crippen LogP contribution in [0.1, 0.15) is 10.4 Å². The predicted octanol–water partition coefficient (Wildman–Crippen LogP) is 2.50. The van der Waals surface area contributed by atoms with E-state index < -0.39 is 31.8 Å². The van der Waals surface area contributed by atoms with Crippen molar-refractivity contribution in [2.75, 3.05) is 14.1 Å². The number of benzene rings is 1. The molecule has 0 saturated carbocycles. The van der Waals surface area contributed by atoms with Crippen molar-refractivity contribution in [3.63, 3.8) is 0 Å². The molecular weight excluding hydrogens is 413 g/mol. The summed E-state index contributed by atoms with van der Waals surface area (Å²) in [6, 6.07) is 5.92. The Hall–Kier alpha value is -1.47. The summed E-state index contributed by atoms with van der Waals surface area (Å²) < 4.78 is 89.2. The van der Waals surface area contributed by atoms with Crippen LogP contribution in [0.5, 0.6) is 0 Å². The molecule has 1 aromatic heterocycles. The number of hydrogen-bond acceptors (Lipinski definition) is 5. The Bertz CT molecular complexity index is 979. The topological polar surface area (TPSA) is 83.6 Å². The molecule has 2 rings (SSSR count). The Labute approximate surface area is 153 Å². The molecule has 0 unspecified atom stereocenters. The summed E-state index contributed by atoms with van der Waals surface area (Å²) in [7, 11) is -4.89. The van der Waals surface area contributed by atoms with Crippen molar-refractivity contribution in [1.82, 2.24) is 9.03 Å². The van der Waals surface area contributed by atoms with Gasteiger partial charge in [0.1, 0.15) is 4.21 Å². The highest BCUT2D eigenvalue weighted by molar-refractivity contribution is 7.91. The fourth-order valence-electron chi connectivity index (χ4n) is 1.84. The molecule has 0 aliphatic rings. The number of halogens is 3. The van der Waals surface area contributed by atoms with Gasteiger partial charge in [0.05, 0.1) is 10.5 Å². The van der Waals surface area contributed by atoms with Gasteiger partial charge in [-0.25, -0.2) is 25.9 Å². The summed E-state index contributed by atoms with van der Waals surface area (Å²) in [4.78, 5) is 0.129. The zero-order chi connectivity index (χ0) is 19.8. The maximum Gasteiger partial charge on any atom is 0.416 e. The van der Waals surface area contributed by atoms with Gasteiger partial charge < -0.3 is 0 Å². The SMILES string of the molecule is CN(C)S(=O)(=O)c1ccc(CNS(=O)(=O)c2ccc(C(F)(F)F)cc2)s1. The Balaban J connectivity index is 2.13. The van der Waals surface area contributed by atoms with Crippen LogP contribution in [0.15, 0.2) is 45.5 Å². The van der Waals surface area contributed by atoms with E-state index >= 15 is 0 Å². The molecule has 0 bridgehead atoms. The van der Waals surface area contributed by atoms with Crippen molar-refractivity contribution in [3.8, 4) is 0 Å². The number of nitrogens with zero attached hydrogens (tertiary/aromatic N) is 1. The van der Waals surface area contributed by atoms with Crippen LogP contribution in [0.25, 0.3) is 0 Å². The molecule has 26 heavy (non-hydrogen) atoms. The van der Waals surface area contributed by atoms with Gasteiger partial charge in [-0.05, 0) is 36.4 Å². The molecule has 0 saturated heterocycles. The van der Waals surface area contributed by atoms with Crippen molar-refractivity contribution < 1.29 is 30.0 Å². The van der Waals surface area contributed by atoms with E-state index in [1.807, 2.05) is 0 Å². The molecule has 6 nitrogen and oxygen atoms in total. The van der Waals surface area contributed by atoms with Gasteiger partial charge in [0.25, 0.3) is 10.0 Å². The number of rotatable bonds is 6. The van der Waals surface area contributed by atoms with Crippen molar-refractivity contribution in [1.29, 1.82) is 0 Å². The molecule has 12 heteroatoms. The third kappa shape index (κ3) is 4.62. The highest BCUT2D eigenvalue weighted by Gasteiger charge is 2.30. The molecule has 0 spiro atoms. The standard InChI is InChI=1S/C14H15F3N2O4S3/c1-19(2)26(22,23)13-8-5-11(24-13)9-18-25(20,21)12-6-3-10(4-7-12)14(15,16)17/h3-8,18H,9H2,1-2H3. The van der Waals surface area contributed by atoms with Gasteiger partial charge >= 0.3 is 6.18 Å². The van der Waals surface area contributed by atoms with Crippen molar-refractivity contribution >= 4 is 31.4 Å². The van der Waals surface area contributed by atoms with E-state index in [1.54, 1.807) is 0 Å². The largest absolute Gasteiger partial charge is 0.416 e. The van der Waals surface area contributed by atoms with Gasteiger partial charge in [0, 0.05) is 25.5 Å². The lowest BCUT2D eigenvalue weighted by atomic mass is 10.2. The molecule has 0 amide bonds. The molecule has 144 valence electrons. The molecule has 1 aromatic carbocycles. The lowest BCUT2D eigenvalue weighted by Gasteiger charge is -2.09. The van der Waals surface area contributed by atoms with Gasteiger partial charge in [0.15, 0.2) is 0 Å². The first-order valence-electron chi connectivity index (χ1n) is 7.02. The smallest absolute Gasteiger partial charge is 0.207 e. The van der Waals surface area contributed by atoms with Crippen LogP contribution < -0.4 is 4.72 Å². The first-order chi connectivity index (χ1) is 11.8. The van der Waals surface area contributed by atoms with E-state index in [9.17, 15) is 30.0 Å². The molecule has 1 N–H and O–H groups in total. The number of hydrogen-bond donors (Lipinski definition) is 1. The Morgan fingerprint density at radius 2 is 1.58 bits per heavy atom. The van der Waals surface area contributed by atoms with Crippen LogP contribution in [0.4, 0.5) is 13.2 Å². The Morgan fingerprint density at radius 1 is 1.00 bits per heavy atom. The minimum absolute atomic E-state index is 0.0613. The number of alkyl halides is 3. The second kappa shape index (κ2) is 7.27. The van der Waals surface area contributed by atoms with Gasteiger partial charge in [-0.3, -0.25) is 0 Å². The quantitative estimate of drug-likeness (QED) is 0.766. The van der Waals surface area contributed by atoms with Crippen molar-refractivity contribution in [2.45, 2.75) is 21.8 Å². The first kappa shape index (κ1) is 20.8. The Kier molecular flexibility index (Phi) is 5.83. The third-order valence-corrected chi connectivity index (χ3v) is 8.09. The van der Waals surface area contributed by atoms with Crippen LogP contribution in [0.2, 0.25) is 0 Å². The van der Waals surface area contributed by atoms with E-state index in [-0.39, 0.29) is 15.6 Å². The van der Waals surface area contributed by atoms with Crippen LogP contribution >= 0.6 is 11.3 Å². The van der Waals surface area contributed by atoms with Gasteiger partial charge in [-0.15, -0.1) is 11.3 Å². The Morgan fingerprint density at radius 3 is 2.08 bits per heavy atom. The lowest BCUT2D eigenvalue weighted by Crippen LogP contribution is -2.23. The number of sulfonamides is 2. The summed E-state index contributed by atoms with van der Waals surface area (Å²) in [5, 5.41) is 0. The second-order valence-electron chi connectivity index (χ2n) is 5.35. The van der Waals surface area contributed by atoms with E-state index in [1.165, 1.54) is 26.2 Å². The summed E-state index contributed by atoms with van der Waals surface area (Å²) >= 11 is 0.905. The molecule has 2 aromatic rings. The van der Waals surface area contributed by atoms with Gasteiger partial charge in [0.2, 0.25) is 10.0 Å². The fourth-order valence-corrected chi connectivity index (χ4v) is 5.41. The highest BCUT2D eigenvalue weighted by atomic mass is 32.2. The van der Waals surface area contributed by atoms with E-state index in [2.05, 4.69) is 4.72 Å². The summed E-state index contributed by atoms with van der Waals surface area (Å²) in [6.07, 6.45) is -4.55. The number of thiophene rings is 1. The van der Waals surface area contributed by atoms with Crippen LogP contribution in [0, 0.1) is 0 Å². The molecule has 0 aliphatic carbocycles. The van der Waals surface area contributed by atoms with Crippen LogP contribution in [-0.4, -0.2) is 35.2 Å². The number of nitrogens with one attached hydrogen (secondary N) is 1. The van der Waals surface area contributed by atoms with Crippen LogP contribution in [0.3, 0.4) is 0 Å². The average molecular weight is 428 g/mol. The maximum absolute atomic E-state index is 12.5. The van der Waals surface area contributed by atoms with E-state index in [0.717, 1.165) is 27.8 Å². The first-order valence-corrected chi connectivity index (χ1v) is 10.8. The second-order valence-corrected chi connectivity index (χ2v) is 10.7. The van der Waals surface area contributed by atoms with Gasteiger partial charge in [-0.2, -0.15) is 13.2 Å². The van der Waals surface area contributed by atoms with Gasteiger partial charge in [-0.1, -0.05) is 0 Å². The fraction of sp³-hybridized carbons (Fsp3) is 0.286. The zero-order valence-electron chi connectivity index (χ0n) is 13.6. The summed E-state index contributed by atoms with van der Waals surface area (Å²) in [5.74, 6) is 0. The highest BCUT2D eigenvalue weighted by Crippen LogP contribution is 2.30. The average Bonchev–Trinajstić information content (AvgIpc) is 3.02. The molecule has 0 atom stereocenters. The minimum Gasteiger partial charge on any atom is -0.207 e. The normalized spacial score (nSPS) is 13.3. The maximum atomic E-state index is 12.5. The molecule has 0 radical (unpaired) electrons. The van der Waals surface area contributed by atoms with Crippen LogP contribution in [-0.2, 0) is 32.8 Å². The van der Waals surface area contributed by atoms with Crippen molar-refractivity contribution in [2.24, 2.45) is 0 Å². The molecular formula is C14H15F3N2O4S3. The van der Waals surface area contributed by atoms with Crippen molar-refractivity contribution in [3.05, 3.63) is 46.8 Å². The lowest BCUT2D eigenvalue weighted by molar-refractivity contribution is -0.137.